The lowest BCUT2D eigenvalue weighted by Crippen LogP contribution is -2.16. The lowest BCUT2D eigenvalue weighted by atomic mass is 10.1. The van der Waals surface area contributed by atoms with Crippen molar-refractivity contribution < 1.29 is 4.42 Å². The van der Waals surface area contributed by atoms with E-state index in [-0.39, 0.29) is 0 Å². The zero-order chi connectivity index (χ0) is 13.0. The van der Waals surface area contributed by atoms with Crippen LogP contribution >= 0.6 is 27.5 Å². The van der Waals surface area contributed by atoms with E-state index in [1.54, 1.807) is 6.26 Å². The molecule has 18 heavy (non-hydrogen) atoms. The third kappa shape index (κ3) is 3.79. The molecule has 0 bridgehead atoms. The normalized spacial score (nSPS) is 12.4. The summed E-state index contributed by atoms with van der Waals surface area (Å²) < 4.78 is 6.31. The van der Waals surface area contributed by atoms with Gasteiger partial charge in [0.25, 0.3) is 0 Å². The van der Waals surface area contributed by atoms with E-state index in [1.807, 2.05) is 30.3 Å². The van der Waals surface area contributed by atoms with E-state index < -0.39 is 0 Å². The lowest BCUT2D eigenvalue weighted by molar-refractivity contribution is 0.495. The predicted octanol–water partition coefficient (Wildman–Crippen LogP) is 5.13. The molecular weight excluding hydrogens is 314 g/mol. The molecule has 2 rings (SSSR count). The molecule has 1 atom stereocenters. The van der Waals surface area contributed by atoms with E-state index in [0.717, 1.165) is 33.8 Å². The Kier molecular flexibility index (Phi) is 4.72. The van der Waals surface area contributed by atoms with Crippen molar-refractivity contribution in [2.24, 2.45) is 0 Å². The van der Waals surface area contributed by atoms with Crippen LogP contribution in [-0.4, -0.2) is 6.04 Å². The summed E-state index contributed by atoms with van der Waals surface area (Å²) in [4.78, 5) is 0. The van der Waals surface area contributed by atoms with Gasteiger partial charge in [0.1, 0.15) is 5.76 Å². The zero-order valence-electron chi connectivity index (χ0n) is 10.1. The summed E-state index contributed by atoms with van der Waals surface area (Å²) in [6.07, 6.45) is 3.66. The van der Waals surface area contributed by atoms with Crippen LogP contribution in [0.4, 0.5) is 5.69 Å². The van der Waals surface area contributed by atoms with Gasteiger partial charge in [-0.2, -0.15) is 0 Å². The fourth-order valence-corrected chi connectivity index (χ4v) is 2.55. The molecule has 0 amide bonds. The van der Waals surface area contributed by atoms with Gasteiger partial charge >= 0.3 is 0 Å². The van der Waals surface area contributed by atoms with Crippen LogP contribution in [0.25, 0.3) is 0 Å². The van der Waals surface area contributed by atoms with Gasteiger partial charge in [0, 0.05) is 27.6 Å². The van der Waals surface area contributed by atoms with Crippen molar-refractivity contribution >= 4 is 33.2 Å². The first-order valence-electron chi connectivity index (χ1n) is 5.89. The molecule has 0 aliphatic carbocycles. The van der Waals surface area contributed by atoms with E-state index in [4.69, 9.17) is 16.0 Å². The molecule has 0 aliphatic rings. The number of halogens is 2. The smallest absolute Gasteiger partial charge is 0.103 e. The standard InChI is InChI=1S/C14H15BrClNO/c1-10(4-6-12-3-2-8-18-12)17-14-7-5-11(16)9-13(14)15/h2-3,5,7-10,17H,4,6H2,1H3. The lowest BCUT2D eigenvalue weighted by Gasteiger charge is -2.16. The Balaban J connectivity index is 1.88. The Labute approximate surface area is 120 Å². The average molecular weight is 329 g/mol. The molecule has 1 aromatic heterocycles. The minimum Gasteiger partial charge on any atom is -0.469 e. The Bertz CT molecular complexity index is 499. The average Bonchev–Trinajstić information content (AvgIpc) is 2.83. The molecular formula is C14H15BrClNO. The van der Waals surface area contributed by atoms with Crippen molar-refractivity contribution in [3.8, 4) is 0 Å². The molecule has 1 unspecified atom stereocenters. The summed E-state index contributed by atoms with van der Waals surface area (Å²) >= 11 is 9.41. The van der Waals surface area contributed by atoms with Crippen molar-refractivity contribution in [1.82, 2.24) is 0 Å². The molecule has 1 aromatic carbocycles. The van der Waals surface area contributed by atoms with Gasteiger partial charge < -0.3 is 9.73 Å². The molecule has 4 heteroatoms. The molecule has 2 nitrogen and oxygen atoms in total. The van der Waals surface area contributed by atoms with Crippen LogP contribution in [0.15, 0.2) is 45.5 Å². The summed E-state index contributed by atoms with van der Waals surface area (Å²) in [6, 6.07) is 10.0. The van der Waals surface area contributed by atoms with Crippen molar-refractivity contribution in [1.29, 1.82) is 0 Å². The number of anilines is 1. The van der Waals surface area contributed by atoms with Gasteiger partial charge in [-0.3, -0.25) is 0 Å². The van der Waals surface area contributed by atoms with E-state index in [9.17, 15) is 0 Å². The van der Waals surface area contributed by atoms with Crippen molar-refractivity contribution in [2.75, 3.05) is 5.32 Å². The monoisotopic (exact) mass is 327 g/mol. The fourth-order valence-electron chi connectivity index (χ4n) is 1.76. The van der Waals surface area contributed by atoms with Crippen molar-refractivity contribution in [3.05, 3.63) is 51.9 Å². The maximum absolute atomic E-state index is 5.91. The van der Waals surface area contributed by atoms with Crippen LogP contribution in [-0.2, 0) is 6.42 Å². The summed E-state index contributed by atoms with van der Waals surface area (Å²) in [6.45, 7) is 2.16. The summed E-state index contributed by atoms with van der Waals surface area (Å²) in [7, 11) is 0. The molecule has 1 N–H and O–H groups in total. The SMILES string of the molecule is CC(CCc1ccco1)Nc1ccc(Cl)cc1Br. The topological polar surface area (TPSA) is 25.2 Å². The minimum absolute atomic E-state index is 0.368. The Hall–Kier alpha value is -0.930. The predicted molar refractivity (Wildman–Crippen MR) is 79.3 cm³/mol. The first-order valence-corrected chi connectivity index (χ1v) is 7.06. The maximum Gasteiger partial charge on any atom is 0.103 e. The van der Waals surface area contributed by atoms with Gasteiger partial charge in [-0.1, -0.05) is 11.6 Å². The minimum atomic E-state index is 0.368. The van der Waals surface area contributed by atoms with E-state index >= 15 is 0 Å². The summed E-state index contributed by atoms with van der Waals surface area (Å²) in [5, 5.41) is 4.18. The summed E-state index contributed by atoms with van der Waals surface area (Å²) in [5.41, 5.74) is 1.06. The molecule has 96 valence electrons. The quantitative estimate of drug-likeness (QED) is 0.823. The maximum atomic E-state index is 5.91. The third-order valence-electron chi connectivity index (χ3n) is 2.74. The number of hydrogen-bond donors (Lipinski definition) is 1. The highest BCUT2D eigenvalue weighted by molar-refractivity contribution is 9.10. The van der Waals surface area contributed by atoms with Gasteiger partial charge in [0.15, 0.2) is 0 Å². The zero-order valence-corrected chi connectivity index (χ0v) is 12.5. The second kappa shape index (κ2) is 6.30. The van der Waals surface area contributed by atoms with Crippen LogP contribution in [0, 0.1) is 0 Å². The first-order chi connectivity index (χ1) is 8.65. The Morgan fingerprint density at radius 1 is 1.39 bits per heavy atom. The number of benzene rings is 1. The van der Waals surface area contributed by atoms with E-state index in [0.29, 0.717) is 6.04 Å². The van der Waals surface area contributed by atoms with Gasteiger partial charge in [-0.25, -0.2) is 0 Å². The van der Waals surface area contributed by atoms with Crippen molar-refractivity contribution in [3.63, 3.8) is 0 Å². The number of rotatable bonds is 5. The highest BCUT2D eigenvalue weighted by atomic mass is 79.9. The highest BCUT2D eigenvalue weighted by Gasteiger charge is 2.06. The molecule has 0 saturated carbocycles. The Morgan fingerprint density at radius 2 is 2.22 bits per heavy atom. The molecule has 1 heterocycles. The highest BCUT2D eigenvalue weighted by Crippen LogP contribution is 2.26. The molecule has 0 saturated heterocycles. The number of furan rings is 1. The van der Waals surface area contributed by atoms with Gasteiger partial charge in [-0.05, 0) is 59.6 Å². The first kappa shape index (κ1) is 13.5. The molecule has 0 aliphatic heterocycles. The van der Waals surface area contributed by atoms with E-state index in [1.165, 1.54) is 0 Å². The molecule has 0 spiro atoms. The molecule has 0 fully saturated rings. The van der Waals surface area contributed by atoms with Gasteiger partial charge in [0.2, 0.25) is 0 Å². The molecule has 0 radical (unpaired) electrons. The van der Waals surface area contributed by atoms with Crippen LogP contribution in [0.5, 0.6) is 0 Å². The number of hydrogen-bond acceptors (Lipinski definition) is 2. The summed E-state index contributed by atoms with van der Waals surface area (Å²) in [5.74, 6) is 1.03. The second-order valence-corrected chi connectivity index (χ2v) is 5.58. The van der Waals surface area contributed by atoms with Crippen molar-refractivity contribution in [2.45, 2.75) is 25.8 Å². The number of nitrogens with one attached hydrogen (secondary N) is 1. The van der Waals surface area contributed by atoms with Crippen LogP contribution < -0.4 is 5.32 Å². The van der Waals surface area contributed by atoms with Gasteiger partial charge in [-0.15, -0.1) is 0 Å². The largest absolute Gasteiger partial charge is 0.469 e. The van der Waals surface area contributed by atoms with Crippen LogP contribution in [0.1, 0.15) is 19.1 Å². The van der Waals surface area contributed by atoms with E-state index in [2.05, 4.69) is 28.2 Å². The Morgan fingerprint density at radius 3 is 2.89 bits per heavy atom. The number of aryl methyl sites for hydroxylation is 1. The van der Waals surface area contributed by atoms with Gasteiger partial charge in [0.05, 0.1) is 6.26 Å². The second-order valence-electron chi connectivity index (χ2n) is 4.29. The third-order valence-corrected chi connectivity index (χ3v) is 3.63. The fraction of sp³-hybridized carbons (Fsp3) is 0.286. The van der Waals surface area contributed by atoms with Crippen LogP contribution in [0.3, 0.4) is 0 Å². The van der Waals surface area contributed by atoms with Crippen LogP contribution in [0.2, 0.25) is 5.02 Å². The molecule has 2 aromatic rings.